The van der Waals surface area contributed by atoms with Crippen LogP contribution in [0.5, 0.6) is 0 Å². The molecule has 1 aliphatic heterocycles. The van der Waals surface area contributed by atoms with Crippen LogP contribution < -0.4 is 5.32 Å². The van der Waals surface area contributed by atoms with Crippen LogP contribution in [0.15, 0.2) is 24.3 Å². The Bertz CT molecular complexity index is 371. The van der Waals surface area contributed by atoms with Gasteiger partial charge in [-0.25, -0.2) is 0 Å². The van der Waals surface area contributed by atoms with Crippen molar-refractivity contribution in [2.24, 2.45) is 5.92 Å². The number of Topliss-reactive ketones (excluding diaryl/α,β-unsaturated/α-hetero) is 1. The first-order chi connectivity index (χ1) is 7.18. The van der Waals surface area contributed by atoms with E-state index in [-0.39, 0.29) is 5.92 Å². The van der Waals surface area contributed by atoms with Gasteiger partial charge in [-0.3, -0.25) is 4.79 Å². The van der Waals surface area contributed by atoms with Gasteiger partial charge in [0.2, 0.25) is 0 Å². The van der Waals surface area contributed by atoms with E-state index in [1.54, 1.807) is 0 Å². The molecule has 80 valence electrons. The van der Waals surface area contributed by atoms with Crippen molar-refractivity contribution in [1.82, 2.24) is 0 Å². The minimum atomic E-state index is 0.0728. The summed E-state index contributed by atoms with van der Waals surface area (Å²) >= 11 is 0. The molecule has 2 rings (SSSR count). The first kappa shape index (κ1) is 10.2. The lowest BCUT2D eigenvalue weighted by Crippen LogP contribution is -2.16. The molecular formula is C13H17NO. The molecule has 0 fully saturated rings. The first-order valence-corrected chi connectivity index (χ1v) is 5.54. The second kappa shape index (κ2) is 4.05. The van der Waals surface area contributed by atoms with Crippen molar-refractivity contribution in [2.45, 2.75) is 26.2 Å². The molecule has 0 saturated heterocycles. The summed E-state index contributed by atoms with van der Waals surface area (Å²) in [5, 5.41) is 3.28. The molecule has 2 heteroatoms. The van der Waals surface area contributed by atoms with Gasteiger partial charge in [-0.15, -0.1) is 0 Å². The summed E-state index contributed by atoms with van der Waals surface area (Å²) in [6.07, 6.45) is 0.681. The van der Waals surface area contributed by atoms with Crippen molar-refractivity contribution < 1.29 is 4.79 Å². The third kappa shape index (κ3) is 2.04. The van der Waals surface area contributed by atoms with Crippen LogP contribution in [-0.2, 0) is 4.79 Å². The summed E-state index contributed by atoms with van der Waals surface area (Å²) in [5.41, 5.74) is 2.29. The minimum absolute atomic E-state index is 0.0728. The number of benzene rings is 1. The Labute approximate surface area is 90.7 Å². The van der Waals surface area contributed by atoms with E-state index in [1.165, 1.54) is 5.56 Å². The first-order valence-electron chi connectivity index (χ1n) is 5.54. The van der Waals surface area contributed by atoms with E-state index in [9.17, 15) is 4.79 Å². The molecule has 1 heterocycles. The van der Waals surface area contributed by atoms with Crippen LogP contribution in [0.3, 0.4) is 0 Å². The fourth-order valence-electron chi connectivity index (χ4n) is 2.12. The van der Waals surface area contributed by atoms with Gasteiger partial charge in [0.15, 0.2) is 0 Å². The predicted molar refractivity (Wildman–Crippen MR) is 62.1 cm³/mol. The summed E-state index contributed by atoms with van der Waals surface area (Å²) in [7, 11) is 0. The minimum Gasteiger partial charge on any atom is -0.384 e. The maximum absolute atomic E-state index is 12.0. The molecule has 2 nitrogen and oxygen atoms in total. The Morgan fingerprint density at radius 2 is 2.20 bits per heavy atom. The normalized spacial score (nSPS) is 18.7. The van der Waals surface area contributed by atoms with Crippen molar-refractivity contribution in [2.75, 3.05) is 11.9 Å². The molecule has 1 aromatic carbocycles. The molecule has 0 aliphatic carbocycles. The molecule has 1 atom stereocenters. The van der Waals surface area contributed by atoms with Crippen LogP contribution >= 0.6 is 0 Å². The lowest BCUT2D eigenvalue weighted by molar-refractivity contribution is -0.120. The summed E-state index contributed by atoms with van der Waals surface area (Å²) in [6.45, 7) is 4.95. The van der Waals surface area contributed by atoms with Gasteiger partial charge in [-0.1, -0.05) is 32.0 Å². The van der Waals surface area contributed by atoms with Gasteiger partial charge in [-0.05, 0) is 17.5 Å². The Morgan fingerprint density at radius 1 is 1.47 bits per heavy atom. The molecule has 15 heavy (non-hydrogen) atoms. The average Bonchev–Trinajstić information content (AvgIpc) is 2.59. The van der Waals surface area contributed by atoms with E-state index in [4.69, 9.17) is 0 Å². The fourth-order valence-corrected chi connectivity index (χ4v) is 2.12. The van der Waals surface area contributed by atoms with E-state index < -0.39 is 0 Å². The summed E-state index contributed by atoms with van der Waals surface area (Å²) in [5.74, 6) is 0.885. The van der Waals surface area contributed by atoms with Gasteiger partial charge >= 0.3 is 0 Å². The lowest BCUT2D eigenvalue weighted by Gasteiger charge is -2.10. The second-order valence-corrected chi connectivity index (χ2v) is 4.59. The monoisotopic (exact) mass is 203 g/mol. The van der Waals surface area contributed by atoms with E-state index in [0.29, 0.717) is 18.1 Å². The predicted octanol–water partition coefficient (Wildman–Crippen LogP) is 2.81. The molecule has 1 unspecified atom stereocenters. The molecule has 0 radical (unpaired) electrons. The zero-order valence-corrected chi connectivity index (χ0v) is 9.29. The van der Waals surface area contributed by atoms with Gasteiger partial charge in [0.1, 0.15) is 5.78 Å². The number of fused-ring (bicyclic) bond motifs is 1. The number of hydrogen-bond acceptors (Lipinski definition) is 2. The largest absolute Gasteiger partial charge is 0.384 e. The number of para-hydroxylation sites is 1. The van der Waals surface area contributed by atoms with E-state index in [0.717, 1.165) is 12.2 Å². The quantitative estimate of drug-likeness (QED) is 0.818. The van der Waals surface area contributed by atoms with Gasteiger partial charge < -0.3 is 5.32 Å². The molecule has 1 aromatic rings. The van der Waals surface area contributed by atoms with Crippen LogP contribution in [0.2, 0.25) is 0 Å². The highest BCUT2D eigenvalue weighted by Crippen LogP contribution is 2.32. The number of ketones is 1. The number of anilines is 1. The van der Waals surface area contributed by atoms with Gasteiger partial charge in [-0.2, -0.15) is 0 Å². The highest BCUT2D eigenvalue weighted by molar-refractivity contribution is 5.89. The molecule has 0 spiro atoms. The SMILES string of the molecule is CC(C)CC(=O)C1CNc2ccccc21. The van der Waals surface area contributed by atoms with Crippen molar-refractivity contribution in [1.29, 1.82) is 0 Å². The summed E-state index contributed by atoms with van der Waals surface area (Å²) in [4.78, 5) is 12.0. The van der Waals surface area contributed by atoms with E-state index >= 15 is 0 Å². The highest BCUT2D eigenvalue weighted by atomic mass is 16.1. The molecule has 1 aliphatic rings. The fraction of sp³-hybridized carbons (Fsp3) is 0.462. The summed E-state index contributed by atoms with van der Waals surface area (Å²) < 4.78 is 0. The topological polar surface area (TPSA) is 29.1 Å². The lowest BCUT2D eigenvalue weighted by atomic mass is 9.92. The van der Waals surface area contributed by atoms with E-state index in [1.807, 2.05) is 18.2 Å². The zero-order valence-electron chi connectivity index (χ0n) is 9.29. The molecule has 0 saturated carbocycles. The highest BCUT2D eigenvalue weighted by Gasteiger charge is 2.27. The molecule has 0 amide bonds. The molecule has 0 aromatic heterocycles. The Kier molecular flexibility index (Phi) is 2.76. The van der Waals surface area contributed by atoms with Gasteiger partial charge in [0.05, 0.1) is 5.92 Å². The smallest absolute Gasteiger partial charge is 0.142 e. The van der Waals surface area contributed by atoms with E-state index in [2.05, 4.69) is 25.2 Å². The van der Waals surface area contributed by atoms with Crippen LogP contribution in [0.1, 0.15) is 31.7 Å². The average molecular weight is 203 g/mol. The third-order valence-corrected chi connectivity index (χ3v) is 2.83. The van der Waals surface area contributed by atoms with Gasteiger partial charge in [0, 0.05) is 18.7 Å². The molecule has 1 N–H and O–H groups in total. The number of rotatable bonds is 3. The molecular weight excluding hydrogens is 186 g/mol. The van der Waals surface area contributed by atoms with Crippen LogP contribution in [0.25, 0.3) is 0 Å². The Morgan fingerprint density at radius 3 is 2.93 bits per heavy atom. The number of nitrogens with one attached hydrogen (secondary N) is 1. The molecule has 0 bridgehead atoms. The maximum Gasteiger partial charge on any atom is 0.142 e. The van der Waals surface area contributed by atoms with Crippen molar-refractivity contribution >= 4 is 11.5 Å². The summed E-state index contributed by atoms with van der Waals surface area (Å²) in [6, 6.07) is 8.10. The third-order valence-electron chi connectivity index (χ3n) is 2.83. The zero-order chi connectivity index (χ0) is 10.8. The van der Waals surface area contributed by atoms with Crippen molar-refractivity contribution in [3.8, 4) is 0 Å². The van der Waals surface area contributed by atoms with Crippen molar-refractivity contribution in [3.63, 3.8) is 0 Å². The second-order valence-electron chi connectivity index (χ2n) is 4.59. The Balaban J connectivity index is 2.17. The number of hydrogen-bond donors (Lipinski definition) is 1. The van der Waals surface area contributed by atoms with Crippen LogP contribution in [0, 0.1) is 5.92 Å². The Hall–Kier alpha value is -1.31. The standard InChI is InChI=1S/C13H17NO/c1-9(2)7-13(15)11-8-14-12-6-4-3-5-10(11)12/h3-6,9,11,14H,7-8H2,1-2H3. The van der Waals surface area contributed by atoms with Crippen LogP contribution in [0.4, 0.5) is 5.69 Å². The van der Waals surface area contributed by atoms with Gasteiger partial charge in [0.25, 0.3) is 0 Å². The maximum atomic E-state index is 12.0. The van der Waals surface area contributed by atoms with Crippen LogP contribution in [-0.4, -0.2) is 12.3 Å². The van der Waals surface area contributed by atoms with Crippen molar-refractivity contribution in [3.05, 3.63) is 29.8 Å². The number of carbonyl (C=O) groups is 1. The number of carbonyl (C=O) groups excluding carboxylic acids is 1.